The molecule has 1 N–H and O–H groups in total. The maximum atomic E-state index is 12.8. The second kappa shape index (κ2) is 8.54. The summed E-state index contributed by atoms with van der Waals surface area (Å²) in [5.74, 6) is -1.07. The van der Waals surface area contributed by atoms with Crippen LogP contribution < -0.4 is 4.74 Å². The van der Waals surface area contributed by atoms with E-state index in [9.17, 15) is 14.7 Å². The summed E-state index contributed by atoms with van der Waals surface area (Å²) in [7, 11) is 1.57. The lowest BCUT2D eigenvalue weighted by atomic mass is 9.91. The average Bonchev–Trinajstić information content (AvgIpc) is 2.61. The van der Waals surface area contributed by atoms with Gasteiger partial charge in [-0.3, -0.25) is 4.79 Å². The minimum atomic E-state index is -1.10. The van der Waals surface area contributed by atoms with Crippen LogP contribution in [0, 0.1) is 0 Å². The third-order valence-electron chi connectivity index (χ3n) is 3.72. The van der Waals surface area contributed by atoms with Crippen molar-refractivity contribution < 1.29 is 24.2 Å². The van der Waals surface area contributed by atoms with Gasteiger partial charge in [-0.15, -0.1) is 0 Å². The van der Waals surface area contributed by atoms with E-state index >= 15 is 0 Å². The minimum Gasteiger partial charge on any atom is -0.497 e. The zero-order valence-electron chi connectivity index (χ0n) is 16.0. The van der Waals surface area contributed by atoms with Gasteiger partial charge in [0.1, 0.15) is 11.4 Å². The van der Waals surface area contributed by atoms with Crippen molar-refractivity contribution in [3.63, 3.8) is 0 Å². The number of esters is 1. The van der Waals surface area contributed by atoms with Crippen molar-refractivity contribution in [2.45, 2.75) is 32.8 Å². The van der Waals surface area contributed by atoms with Crippen LogP contribution in [0.4, 0.5) is 0 Å². The molecule has 142 valence electrons. The van der Waals surface area contributed by atoms with Crippen molar-refractivity contribution >= 4 is 17.5 Å². The van der Waals surface area contributed by atoms with Gasteiger partial charge in [0.15, 0.2) is 0 Å². The first-order valence-corrected chi connectivity index (χ1v) is 8.59. The first-order valence-electron chi connectivity index (χ1n) is 8.59. The van der Waals surface area contributed by atoms with Gasteiger partial charge in [-0.1, -0.05) is 42.5 Å². The molecule has 0 heterocycles. The highest BCUT2D eigenvalue weighted by Gasteiger charge is 2.26. The minimum absolute atomic E-state index is 0.105. The third-order valence-corrected chi connectivity index (χ3v) is 3.72. The molecule has 0 saturated carbocycles. The zero-order chi connectivity index (χ0) is 20.0. The summed E-state index contributed by atoms with van der Waals surface area (Å²) in [4.78, 5) is 24.3. The Kier molecular flexibility index (Phi) is 6.40. The summed E-state index contributed by atoms with van der Waals surface area (Å²) in [6.07, 6.45) is -0.439. The predicted molar refractivity (Wildman–Crippen MR) is 104 cm³/mol. The van der Waals surface area contributed by atoms with Gasteiger partial charge in [-0.05, 0) is 49.6 Å². The normalized spacial score (nSPS) is 12.1. The zero-order valence-corrected chi connectivity index (χ0v) is 16.0. The van der Waals surface area contributed by atoms with Gasteiger partial charge in [0.25, 0.3) is 0 Å². The Hall–Kier alpha value is -3.08. The molecule has 0 saturated heterocycles. The fourth-order valence-corrected chi connectivity index (χ4v) is 2.63. The van der Waals surface area contributed by atoms with Crippen molar-refractivity contribution in [3.05, 3.63) is 71.3 Å². The molecule has 0 bridgehead atoms. The van der Waals surface area contributed by atoms with Gasteiger partial charge in [-0.25, -0.2) is 4.79 Å². The van der Waals surface area contributed by atoms with Crippen LogP contribution in [0.1, 0.15) is 38.3 Å². The Labute approximate surface area is 159 Å². The van der Waals surface area contributed by atoms with E-state index in [0.717, 1.165) is 5.56 Å². The number of hydrogen-bond donors (Lipinski definition) is 1. The van der Waals surface area contributed by atoms with Gasteiger partial charge in [0.05, 0.1) is 19.1 Å². The molecule has 2 aromatic rings. The molecule has 5 heteroatoms. The summed E-state index contributed by atoms with van der Waals surface area (Å²) in [5, 5.41) is 9.39. The maximum Gasteiger partial charge on any atom is 0.335 e. The molecule has 0 spiro atoms. The van der Waals surface area contributed by atoms with Gasteiger partial charge >= 0.3 is 11.9 Å². The van der Waals surface area contributed by atoms with Crippen LogP contribution in [0.2, 0.25) is 0 Å². The molecule has 0 unspecified atom stereocenters. The van der Waals surface area contributed by atoms with Crippen LogP contribution in [-0.2, 0) is 14.3 Å². The predicted octanol–water partition coefficient (Wildman–Crippen LogP) is 4.31. The maximum absolute atomic E-state index is 12.8. The largest absolute Gasteiger partial charge is 0.497 e. The van der Waals surface area contributed by atoms with E-state index < -0.39 is 24.0 Å². The van der Waals surface area contributed by atoms with Crippen molar-refractivity contribution in [3.8, 4) is 5.75 Å². The molecule has 0 amide bonds. The molecule has 0 aromatic heterocycles. The van der Waals surface area contributed by atoms with Crippen LogP contribution >= 0.6 is 0 Å². The van der Waals surface area contributed by atoms with Gasteiger partial charge in [-0.2, -0.15) is 0 Å². The molecule has 2 aromatic carbocycles. The number of carboxylic acid groups (broad SMARTS) is 1. The van der Waals surface area contributed by atoms with E-state index in [1.165, 1.54) is 0 Å². The third kappa shape index (κ3) is 5.71. The Balaban J connectivity index is 2.69. The fraction of sp³-hybridized carbons (Fsp3) is 0.273. The Morgan fingerprint density at radius 3 is 1.96 bits per heavy atom. The Morgan fingerprint density at radius 1 is 0.926 bits per heavy atom. The van der Waals surface area contributed by atoms with Crippen LogP contribution in [0.25, 0.3) is 5.57 Å². The lowest BCUT2D eigenvalue weighted by Crippen LogP contribution is -2.26. The first-order chi connectivity index (χ1) is 12.7. The molecule has 0 aliphatic heterocycles. The monoisotopic (exact) mass is 368 g/mol. The van der Waals surface area contributed by atoms with E-state index in [4.69, 9.17) is 9.47 Å². The highest BCUT2D eigenvalue weighted by molar-refractivity contribution is 6.05. The van der Waals surface area contributed by atoms with Crippen LogP contribution in [-0.4, -0.2) is 29.8 Å². The molecule has 2 rings (SSSR count). The Morgan fingerprint density at radius 2 is 1.48 bits per heavy atom. The van der Waals surface area contributed by atoms with Crippen LogP contribution in [0.3, 0.4) is 0 Å². The number of ether oxygens (including phenoxy) is 2. The average molecular weight is 368 g/mol. The van der Waals surface area contributed by atoms with E-state index in [1.807, 2.05) is 30.3 Å². The van der Waals surface area contributed by atoms with Crippen molar-refractivity contribution in [2.24, 2.45) is 0 Å². The summed E-state index contributed by atoms with van der Waals surface area (Å²) in [6, 6.07) is 16.4. The van der Waals surface area contributed by atoms with Crippen molar-refractivity contribution in [1.29, 1.82) is 0 Å². The quantitative estimate of drug-likeness (QED) is 0.607. The first kappa shape index (κ1) is 20.2. The standard InChI is InChI=1S/C22H24O5/c1-22(2,3)27-21(25)18(14-19(23)24)20(15-8-6-5-7-9-15)16-10-12-17(26-4)13-11-16/h5-13H,14H2,1-4H3,(H,23,24)/b20-18+. The summed E-state index contributed by atoms with van der Waals surface area (Å²) in [5.41, 5.74) is 1.36. The smallest absolute Gasteiger partial charge is 0.335 e. The SMILES string of the molecule is COc1ccc(/C(=C(\CC(=O)O)C(=O)OC(C)(C)C)c2ccccc2)cc1. The number of carboxylic acids is 1. The highest BCUT2D eigenvalue weighted by atomic mass is 16.6. The number of rotatable bonds is 6. The molecule has 0 radical (unpaired) electrons. The highest BCUT2D eigenvalue weighted by Crippen LogP contribution is 2.31. The summed E-state index contributed by atoms with van der Waals surface area (Å²) >= 11 is 0. The van der Waals surface area contributed by atoms with E-state index in [1.54, 1.807) is 52.1 Å². The lowest BCUT2D eigenvalue weighted by molar-refractivity contribution is -0.151. The molecule has 27 heavy (non-hydrogen) atoms. The van der Waals surface area contributed by atoms with E-state index in [-0.39, 0.29) is 5.57 Å². The molecule has 0 aliphatic rings. The molecule has 0 fully saturated rings. The number of carbonyl (C=O) groups is 2. The molecule has 0 atom stereocenters. The van der Waals surface area contributed by atoms with Crippen molar-refractivity contribution in [2.75, 3.05) is 7.11 Å². The molecular weight excluding hydrogens is 344 g/mol. The second-order valence-electron chi connectivity index (χ2n) is 7.02. The number of carbonyl (C=O) groups excluding carboxylic acids is 1. The molecular formula is C22H24O5. The number of aliphatic carboxylic acids is 1. The molecule has 0 aliphatic carbocycles. The number of hydrogen-bond acceptors (Lipinski definition) is 4. The van der Waals surface area contributed by atoms with Gasteiger partial charge < -0.3 is 14.6 Å². The van der Waals surface area contributed by atoms with E-state index in [0.29, 0.717) is 16.9 Å². The summed E-state index contributed by atoms with van der Waals surface area (Å²) in [6.45, 7) is 5.25. The fourth-order valence-electron chi connectivity index (χ4n) is 2.63. The molecule has 5 nitrogen and oxygen atoms in total. The number of benzene rings is 2. The summed E-state index contributed by atoms with van der Waals surface area (Å²) < 4.78 is 10.7. The lowest BCUT2D eigenvalue weighted by Gasteiger charge is -2.22. The topological polar surface area (TPSA) is 72.8 Å². The van der Waals surface area contributed by atoms with Crippen LogP contribution in [0.15, 0.2) is 60.2 Å². The van der Waals surface area contributed by atoms with Gasteiger partial charge in [0, 0.05) is 0 Å². The Bertz CT molecular complexity index is 827. The van der Waals surface area contributed by atoms with Gasteiger partial charge in [0.2, 0.25) is 0 Å². The second-order valence-corrected chi connectivity index (χ2v) is 7.02. The van der Waals surface area contributed by atoms with Crippen molar-refractivity contribution in [1.82, 2.24) is 0 Å². The van der Waals surface area contributed by atoms with E-state index in [2.05, 4.69) is 0 Å². The van der Waals surface area contributed by atoms with Crippen LogP contribution in [0.5, 0.6) is 5.75 Å². The number of methoxy groups -OCH3 is 1.